The highest BCUT2D eigenvalue weighted by molar-refractivity contribution is 5.78. The zero-order valence-corrected chi connectivity index (χ0v) is 12.6. The molecular formula is C15H16N4O3. The summed E-state index contributed by atoms with van der Waals surface area (Å²) in [6.45, 7) is 3.23. The van der Waals surface area contributed by atoms with Gasteiger partial charge >= 0.3 is 0 Å². The number of rotatable bonds is 5. The number of hydrogen-bond acceptors (Lipinski definition) is 6. The van der Waals surface area contributed by atoms with E-state index in [4.69, 9.17) is 14.5 Å². The van der Waals surface area contributed by atoms with Crippen molar-refractivity contribution in [1.29, 1.82) is 5.26 Å². The number of aromatic nitrogens is 2. The van der Waals surface area contributed by atoms with Gasteiger partial charge in [0.05, 0.1) is 13.2 Å². The Morgan fingerprint density at radius 3 is 2.68 bits per heavy atom. The van der Waals surface area contributed by atoms with Gasteiger partial charge in [-0.05, 0) is 38.1 Å². The number of methoxy groups -OCH3 is 1. The van der Waals surface area contributed by atoms with Crippen molar-refractivity contribution in [3.8, 4) is 23.2 Å². The van der Waals surface area contributed by atoms with Crippen molar-refractivity contribution in [2.45, 2.75) is 25.8 Å². The van der Waals surface area contributed by atoms with Crippen molar-refractivity contribution in [2.75, 3.05) is 7.11 Å². The van der Waals surface area contributed by atoms with Crippen LogP contribution in [0.4, 0.5) is 0 Å². The second-order valence-corrected chi connectivity index (χ2v) is 5.20. The highest BCUT2D eigenvalue weighted by Crippen LogP contribution is 2.19. The molecule has 0 fully saturated rings. The molecule has 0 aliphatic heterocycles. The average Bonchev–Trinajstić information content (AvgIpc) is 2.95. The summed E-state index contributed by atoms with van der Waals surface area (Å²) < 4.78 is 10.1. The number of ether oxygens (including phenoxy) is 1. The molecule has 1 amide bonds. The summed E-state index contributed by atoms with van der Waals surface area (Å²) in [5, 5.41) is 15.3. The first-order valence-electron chi connectivity index (χ1n) is 6.63. The fraction of sp³-hybridized carbons (Fsp3) is 0.333. The lowest BCUT2D eigenvalue weighted by Crippen LogP contribution is -2.42. The van der Waals surface area contributed by atoms with Crippen LogP contribution in [-0.2, 0) is 11.2 Å². The third-order valence-electron chi connectivity index (χ3n) is 2.86. The zero-order chi connectivity index (χ0) is 16.2. The topological polar surface area (TPSA) is 101 Å². The van der Waals surface area contributed by atoms with Crippen molar-refractivity contribution in [1.82, 2.24) is 15.5 Å². The van der Waals surface area contributed by atoms with E-state index in [1.54, 1.807) is 45.2 Å². The van der Waals surface area contributed by atoms with Crippen molar-refractivity contribution in [3.63, 3.8) is 0 Å². The quantitative estimate of drug-likeness (QED) is 0.902. The summed E-state index contributed by atoms with van der Waals surface area (Å²) in [5.74, 6) is 0.962. The van der Waals surface area contributed by atoms with E-state index in [1.165, 1.54) is 0 Å². The van der Waals surface area contributed by atoms with Crippen LogP contribution in [0.15, 0.2) is 28.8 Å². The molecule has 1 heterocycles. The second-order valence-electron chi connectivity index (χ2n) is 5.20. The smallest absolute Gasteiger partial charge is 0.236 e. The molecule has 0 saturated carbocycles. The molecule has 2 aromatic rings. The van der Waals surface area contributed by atoms with E-state index >= 15 is 0 Å². The third kappa shape index (κ3) is 3.82. The number of nitrogens with zero attached hydrogens (tertiary/aromatic N) is 3. The Morgan fingerprint density at radius 1 is 1.41 bits per heavy atom. The first-order valence-corrected chi connectivity index (χ1v) is 6.63. The predicted octanol–water partition coefficient (Wildman–Crippen LogP) is 1.71. The van der Waals surface area contributed by atoms with Crippen LogP contribution in [-0.4, -0.2) is 28.7 Å². The molecule has 0 radical (unpaired) electrons. The number of nitriles is 1. The van der Waals surface area contributed by atoms with E-state index in [0.717, 1.165) is 11.3 Å². The summed E-state index contributed by atoms with van der Waals surface area (Å²) in [6, 6.07) is 9.16. The van der Waals surface area contributed by atoms with Gasteiger partial charge in [-0.15, -0.1) is 0 Å². The molecule has 114 valence electrons. The molecule has 7 nitrogen and oxygen atoms in total. The number of benzene rings is 1. The highest BCUT2D eigenvalue weighted by atomic mass is 16.5. The number of carbonyl (C=O) groups excluding carboxylic acids is 1. The van der Waals surface area contributed by atoms with Crippen LogP contribution in [0.2, 0.25) is 0 Å². The van der Waals surface area contributed by atoms with Gasteiger partial charge < -0.3 is 14.6 Å². The van der Waals surface area contributed by atoms with Crippen LogP contribution in [0.5, 0.6) is 5.75 Å². The fourth-order valence-electron chi connectivity index (χ4n) is 1.74. The molecule has 1 aromatic heterocycles. The maximum Gasteiger partial charge on any atom is 0.236 e. The first-order chi connectivity index (χ1) is 10.4. The number of carbonyl (C=O) groups is 1. The fourth-order valence-corrected chi connectivity index (χ4v) is 1.74. The predicted molar refractivity (Wildman–Crippen MR) is 77.8 cm³/mol. The largest absolute Gasteiger partial charge is 0.497 e. The van der Waals surface area contributed by atoms with Crippen LogP contribution in [0.1, 0.15) is 19.7 Å². The van der Waals surface area contributed by atoms with Gasteiger partial charge in [0.1, 0.15) is 17.7 Å². The molecule has 0 unspecified atom stereocenters. The van der Waals surface area contributed by atoms with Crippen LogP contribution >= 0.6 is 0 Å². The second kappa shape index (κ2) is 6.26. The minimum atomic E-state index is -0.935. The molecule has 0 saturated heterocycles. The van der Waals surface area contributed by atoms with Gasteiger partial charge in [-0.1, -0.05) is 5.16 Å². The Labute approximate surface area is 127 Å². The molecule has 22 heavy (non-hydrogen) atoms. The van der Waals surface area contributed by atoms with E-state index in [1.807, 2.05) is 6.07 Å². The maximum atomic E-state index is 11.8. The van der Waals surface area contributed by atoms with Gasteiger partial charge in [0.15, 0.2) is 0 Å². The van der Waals surface area contributed by atoms with E-state index < -0.39 is 5.54 Å². The Bertz CT molecular complexity index is 698. The molecule has 2 rings (SSSR count). The van der Waals surface area contributed by atoms with Gasteiger partial charge in [-0.25, -0.2) is 0 Å². The average molecular weight is 300 g/mol. The standard InChI is InChI=1S/C15H16N4O3/c1-15(2,9-16)18-12(20)8-13-17-14(19-22-13)10-4-6-11(21-3)7-5-10/h4-7H,8H2,1-3H3,(H,18,20). The Hall–Kier alpha value is -2.88. The minimum absolute atomic E-state index is 0.0751. The van der Waals surface area contributed by atoms with E-state index in [9.17, 15) is 4.79 Å². The lowest BCUT2D eigenvalue weighted by molar-refractivity contribution is -0.121. The molecule has 0 aliphatic rings. The molecule has 0 spiro atoms. The zero-order valence-electron chi connectivity index (χ0n) is 12.6. The summed E-state index contributed by atoms with van der Waals surface area (Å²) in [4.78, 5) is 16.0. The molecule has 0 atom stereocenters. The van der Waals surface area contributed by atoms with Crippen molar-refractivity contribution in [2.24, 2.45) is 0 Å². The van der Waals surface area contributed by atoms with Crippen molar-refractivity contribution in [3.05, 3.63) is 30.2 Å². The summed E-state index contributed by atoms with van der Waals surface area (Å²) in [7, 11) is 1.59. The Balaban J connectivity index is 2.05. The molecule has 1 aromatic carbocycles. The lowest BCUT2D eigenvalue weighted by Gasteiger charge is -2.16. The Morgan fingerprint density at radius 2 is 2.09 bits per heavy atom. The van der Waals surface area contributed by atoms with E-state index in [-0.39, 0.29) is 18.2 Å². The maximum absolute atomic E-state index is 11.8. The van der Waals surface area contributed by atoms with Gasteiger partial charge in [-0.2, -0.15) is 10.2 Å². The van der Waals surface area contributed by atoms with Gasteiger partial charge in [0.2, 0.25) is 17.6 Å². The van der Waals surface area contributed by atoms with Crippen LogP contribution < -0.4 is 10.1 Å². The first kappa shape index (κ1) is 15.5. The van der Waals surface area contributed by atoms with Crippen LogP contribution in [0.3, 0.4) is 0 Å². The normalized spacial score (nSPS) is 10.8. The third-order valence-corrected chi connectivity index (χ3v) is 2.86. The summed E-state index contributed by atoms with van der Waals surface area (Å²) >= 11 is 0. The van der Waals surface area contributed by atoms with Gasteiger partial charge in [-0.3, -0.25) is 4.79 Å². The monoisotopic (exact) mass is 300 g/mol. The molecule has 7 heteroatoms. The number of hydrogen-bond donors (Lipinski definition) is 1. The summed E-state index contributed by atoms with van der Waals surface area (Å²) in [5.41, 5.74) is -0.177. The Kier molecular flexibility index (Phi) is 4.41. The van der Waals surface area contributed by atoms with Crippen molar-refractivity contribution < 1.29 is 14.1 Å². The van der Waals surface area contributed by atoms with E-state index in [0.29, 0.717) is 5.82 Å². The van der Waals surface area contributed by atoms with Crippen LogP contribution in [0, 0.1) is 11.3 Å². The lowest BCUT2D eigenvalue weighted by atomic mass is 10.1. The van der Waals surface area contributed by atoms with Gasteiger partial charge in [0, 0.05) is 5.56 Å². The highest BCUT2D eigenvalue weighted by Gasteiger charge is 2.21. The molecular weight excluding hydrogens is 284 g/mol. The number of amides is 1. The molecule has 0 aliphatic carbocycles. The molecule has 0 bridgehead atoms. The minimum Gasteiger partial charge on any atom is -0.497 e. The SMILES string of the molecule is COc1ccc(-c2noc(CC(=O)NC(C)(C)C#N)n2)cc1. The van der Waals surface area contributed by atoms with Gasteiger partial charge in [0.25, 0.3) is 0 Å². The summed E-state index contributed by atoms with van der Waals surface area (Å²) in [6.07, 6.45) is -0.0751. The van der Waals surface area contributed by atoms with E-state index in [2.05, 4.69) is 15.5 Å². The van der Waals surface area contributed by atoms with Crippen LogP contribution in [0.25, 0.3) is 11.4 Å². The number of nitrogens with one attached hydrogen (secondary N) is 1. The van der Waals surface area contributed by atoms with Crippen molar-refractivity contribution >= 4 is 5.91 Å². The molecule has 1 N–H and O–H groups in total.